The van der Waals surface area contributed by atoms with Crippen molar-refractivity contribution in [2.45, 2.75) is 13.8 Å². The number of rotatable bonds is 5. The Kier molecular flexibility index (Phi) is 5.30. The van der Waals surface area contributed by atoms with Gasteiger partial charge in [-0.1, -0.05) is 26.0 Å². The van der Waals surface area contributed by atoms with E-state index in [2.05, 4.69) is 10.3 Å². The fourth-order valence-corrected chi connectivity index (χ4v) is 2.72. The van der Waals surface area contributed by atoms with E-state index in [1.165, 1.54) is 30.8 Å². The Hall–Kier alpha value is -3.42. The Labute approximate surface area is 161 Å². The van der Waals surface area contributed by atoms with E-state index in [0.29, 0.717) is 24.0 Å². The molecule has 0 unspecified atom stereocenters. The van der Waals surface area contributed by atoms with Gasteiger partial charge < -0.3 is 10.1 Å². The molecule has 0 spiro atoms. The van der Waals surface area contributed by atoms with E-state index in [9.17, 15) is 14.4 Å². The van der Waals surface area contributed by atoms with Crippen LogP contribution in [0.4, 0.5) is 5.69 Å². The predicted octanol–water partition coefficient (Wildman–Crippen LogP) is 1.92. The van der Waals surface area contributed by atoms with Crippen LogP contribution in [0.2, 0.25) is 0 Å². The van der Waals surface area contributed by atoms with Crippen LogP contribution < -0.4 is 21.3 Å². The highest BCUT2D eigenvalue weighted by atomic mass is 16.5. The Morgan fingerprint density at radius 2 is 1.82 bits per heavy atom. The molecule has 28 heavy (non-hydrogen) atoms. The number of nitrogens with zero attached hydrogens (tertiary/aromatic N) is 3. The Morgan fingerprint density at radius 3 is 2.54 bits per heavy atom. The molecule has 0 radical (unpaired) electrons. The first-order chi connectivity index (χ1) is 13.3. The summed E-state index contributed by atoms with van der Waals surface area (Å²) in [4.78, 5) is 41.3. The topological polar surface area (TPSA) is 95.2 Å². The van der Waals surface area contributed by atoms with E-state index in [1.807, 2.05) is 19.9 Å². The molecule has 0 fully saturated rings. The number of anilines is 1. The lowest BCUT2D eigenvalue weighted by molar-refractivity contribution is 0.102. The van der Waals surface area contributed by atoms with E-state index in [4.69, 9.17) is 4.74 Å². The minimum atomic E-state index is -0.505. The maximum atomic E-state index is 12.7. The zero-order chi connectivity index (χ0) is 20.4. The van der Waals surface area contributed by atoms with E-state index in [-0.39, 0.29) is 16.7 Å². The lowest BCUT2D eigenvalue weighted by atomic mass is 10.2. The molecule has 2 heterocycles. The van der Waals surface area contributed by atoms with Crippen LogP contribution in [0.3, 0.4) is 0 Å². The van der Waals surface area contributed by atoms with Crippen LogP contribution in [0.15, 0.2) is 46.0 Å². The smallest absolute Gasteiger partial charge is 0.332 e. The molecule has 2 aromatic heterocycles. The van der Waals surface area contributed by atoms with Crippen molar-refractivity contribution in [1.82, 2.24) is 14.1 Å². The van der Waals surface area contributed by atoms with Gasteiger partial charge in [0, 0.05) is 14.1 Å². The number of carbonyl (C=O) groups is 1. The number of carbonyl (C=O) groups excluding carboxylic acids is 1. The molecule has 0 bridgehead atoms. The number of ether oxygens (including phenoxy) is 1. The second-order valence-electron chi connectivity index (χ2n) is 6.93. The number of aryl methyl sites for hydroxylation is 1. The van der Waals surface area contributed by atoms with E-state index in [1.54, 1.807) is 18.2 Å². The molecule has 3 rings (SSSR count). The highest BCUT2D eigenvalue weighted by Crippen LogP contribution is 2.24. The quantitative estimate of drug-likeness (QED) is 0.727. The number of amides is 1. The highest BCUT2D eigenvalue weighted by molar-refractivity contribution is 6.04. The number of fused-ring (bicyclic) bond motifs is 1. The lowest BCUT2D eigenvalue weighted by Crippen LogP contribution is -2.37. The molecule has 0 atom stereocenters. The lowest BCUT2D eigenvalue weighted by Gasteiger charge is -2.14. The third-order valence-electron chi connectivity index (χ3n) is 4.24. The number of para-hydroxylation sites is 2. The number of pyridine rings is 1. The summed E-state index contributed by atoms with van der Waals surface area (Å²) in [5.41, 5.74) is -0.188. The van der Waals surface area contributed by atoms with Crippen molar-refractivity contribution in [3.05, 3.63) is 62.9 Å². The van der Waals surface area contributed by atoms with E-state index in [0.717, 1.165) is 4.57 Å². The zero-order valence-electron chi connectivity index (χ0n) is 16.2. The molecule has 0 saturated carbocycles. The highest BCUT2D eigenvalue weighted by Gasteiger charge is 2.15. The zero-order valence-corrected chi connectivity index (χ0v) is 16.2. The van der Waals surface area contributed by atoms with Crippen molar-refractivity contribution in [3.63, 3.8) is 0 Å². The Morgan fingerprint density at radius 1 is 1.11 bits per heavy atom. The third-order valence-corrected chi connectivity index (χ3v) is 4.24. The van der Waals surface area contributed by atoms with Crippen LogP contribution in [0, 0.1) is 5.92 Å². The maximum absolute atomic E-state index is 12.7. The summed E-state index contributed by atoms with van der Waals surface area (Å²) in [6, 6.07) is 10.1. The number of hydrogen-bond acceptors (Lipinski definition) is 5. The second kappa shape index (κ2) is 7.67. The van der Waals surface area contributed by atoms with Crippen molar-refractivity contribution in [2.24, 2.45) is 20.0 Å². The molecule has 8 heteroatoms. The molecule has 8 nitrogen and oxygen atoms in total. The Balaban J connectivity index is 1.95. The van der Waals surface area contributed by atoms with E-state index >= 15 is 0 Å². The van der Waals surface area contributed by atoms with Crippen LogP contribution in [0.1, 0.15) is 24.3 Å². The van der Waals surface area contributed by atoms with Gasteiger partial charge in [-0.2, -0.15) is 0 Å². The van der Waals surface area contributed by atoms with Gasteiger partial charge in [-0.05, 0) is 30.2 Å². The van der Waals surface area contributed by atoms with Gasteiger partial charge in [-0.15, -0.1) is 0 Å². The van der Waals surface area contributed by atoms with Gasteiger partial charge in [0.2, 0.25) is 0 Å². The monoisotopic (exact) mass is 382 g/mol. The van der Waals surface area contributed by atoms with Crippen LogP contribution in [-0.4, -0.2) is 26.6 Å². The largest absolute Gasteiger partial charge is 0.491 e. The molecule has 1 aromatic carbocycles. The summed E-state index contributed by atoms with van der Waals surface area (Å²) in [5, 5.41) is 3.04. The Bertz CT molecular complexity index is 1160. The number of benzene rings is 1. The van der Waals surface area contributed by atoms with Crippen molar-refractivity contribution in [2.75, 3.05) is 11.9 Å². The summed E-state index contributed by atoms with van der Waals surface area (Å²) in [7, 11) is 2.91. The SMILES string of the molecule is CC(C)COc1ccccc1NC(=O)c1ccc2c(=O)n(C)c(=O)n(C)c2n1. The standard InChI is InChI=1S/C20H22N4O4/c1-12(2)11-28-16-8-6-5-7-14(16)22-18(25)15-10-9-13-17(21-15)23(3)20(27)24(4)19(13)26/h5-10,12H,11H2,1-4H3,(H,22,25). The normalized spacial score (nSPS) is 11.0. The van der Waals surface area contributed by atoms with Gasteiger partial charge in [-0.3, -0.25) is 18.7 Å². The maximum Gasteiger partial charge on any atom is 0.332 e. The summed E-state index contributed by atoms with van der Waals surface area (Å²) in [6.07, 6.45) is 0. The number of aromatic nitrogens is 3. The van der Waals surface area contributed by atoms with Crippen LogP contribution >= 0.6 is 0 Å². The molecular formula is C20H22N4O4. The average Bonchev–Trinajstić information content (AvgIpc) is 2.69. The van der Waals surface area contributed by atoms with E-state index < -0.39 is 17.2 Å². The van der Waals surface area contributed by atoms with Crippen LogP contribution in [-0.2, 0) is 14.1 Å². The van der Waals surface area contributed by atoms with Gasteiger partial charge in [-0.25, -0.2) is 9.78 Å². The summed E-state index contributed by atoms with van der Waals surface area (Å²) in [5.74, 6) is 0.442. The molecule has 3 aromatic rings. The average molecular weight is 382 g/mol. The summed E-state index contributed by atoms with van der Waals surface area (Å²) >= 11 is 0. The molecule has 0 saturated heterocycles. The first-order valence-corrected chi connectivity index (χ1v) is 8.89. The van der Waals surface area contributed by atoms with Gasteiger partial charge in [0.15, 0.2) is 0 Å². The van der Waals surface area contributed by atoms with Crippen molar-refractivity contribution in [3.8, 4) is 5.75 Å². The number of nitrogens with one attached hydrogen (secondary N) is 1. The second-order valence-corrected chi connectivity index (χ2v) is 6.93. The van der Waals surface area contributed by atoms with Gasteiger partial charge in [0.1, 0.15) is 17.1 Å². The summed E-state index contributed by atoms with van der Waals surface area (Å²) in [6.45, 7) is 4.59. The summed E-state index contributed by atoms with van der Waals surface area (Å²) < 4.78 is 7.99. The molecule has 0 aliphatic carbocycles. The van der Waals surface area contributed by atoms with Crippen molar-refractivity contribution < 1.29 is 9.53 Å². The molecule has 0 aliphatic rings. The van der Waals surface area contributed by atoms with Crippen molar-refractivity contribution >= 4 is 22.6 Å². The minimum absolute atomic E-state index is 0.0921. The number of hydrogen-bond donors (Lipinski definition) is 1. The molecule has 1 amide bonds. The third kappa shape index (κ3) is 3.66. The van der Waals surface area contributed by atoms with Crippen molar-refractivity contribution in [1.29, 1.82) is 0 Å². The molecule has 146 valence electrons. The first kappa shape index (κ1) is 19.3. The fraction of sp³-hybridized carbons (Fsp3) is 0.300. The molecule has 0 aliphatic heterocycles. The first-order valence-electron chi connectivity index (χ1n) is 8.89. The predicted molar refractivity (Wildman–Crippen MR) is 107 cm³/mol. The van der Waals surface area contributed by atoms with Gasteiger partial charge >= 0.3 is 5.69 Å². The van der Waals surface area contributed by atoms with Crippen LogP contribution in [0.5, 0.6) is 5.75 Å². The fourth-order valence-electron chi connectivity index (χ4n) is 2.72. The molecule has 1 N–H and O–H groups in total. The minimum Gasteiger partial charge on any atom is -0.491 e. The van der Waals surface area contributed by atoms with Gasteiger partial charge in [0.05, 0.1) is 17.7 Å². The van der Waals surface area contributed by atoms with Crippen LogP contribution in [0.25, 0.3) is 11.0 Å². The van der Waals surface area contributed by atoms with Gasteiger partial charge in [0.25, 0.3) is 11.5 Å². The molecular weight excluding hydrogens is 360 g/mol.